The van der Waals surface area contributed by atoms with Gasteiger partial charge in [-0.1, -0.05) is 5.16 Å². The molecule has 1 fully saturated rings. The summed E-state index contributed by atoms with van der Waals surface area (Å²) < 4.78 is 4.29. The Bertz CT molecular complexity index is 295. The standard InChI is InChI=1S/C6H6N2O3.Na/c9-6(10)5-4(3-1-2-3)7-11-8-5;/h3H,1-2H2,(H,9,10);/q;+1/p-1. The van der Waals surface area contributed by atoms with Gasteiger partial charge in [0.05, 0.1) is 5.97 Å². The maximum atomic E-state index is 10.3. The second kappa shape index (κ2) is 3.55. The number of aromatic carboxylic acids is 1. The molecule has 1 aromatic heterocycles. The molecule has 0 aromatic carbocycles. The average Bonchev–Trinajstić information content (AvgIpc) is 2.68. The van der Waals surface area contributed by atoms with Gasteiger partial charge in [0.1, 0.15) is 5.69 Å². The molecule has 1 aliphatic rings. The van der Waals surface area contributed by atoms with E-state index in [9.17, 15) is 9.90 Å². The number of rotatable bonds is 2. The first kappa shape index (κ1) is 9.70. The summed E-state index contributed by atoms with van der Waals surface area (Å²) in [4.78, 5) is 10.3. The topological polar surface area (TPSA) is 79.0 Å². The van der Waals surface area contributed by atoms with Gasteiger partial charge in [-0.05, 0) is 18.0 Å². The molecule has 58 valence electrons. The minimum absolute atomic E-state index is 0. The summed E-state index contributed by atoms with van der Waals surface area (Å²) in [5.74, 6) is -1.08. The Labute approximate surface area is 90.4 Å². The summed E-state index contributed by atoms with van der Waals surface area (Å²) >= 11 is 0. The maximum Gasteiger partial charge on any atom is 1.00 e. The van der Waals surface area contributed by atoms with Crippen molar-refractivity contribution in [3.05, 3.63) is 11.4 Å². The van der Waals surface area contributed by atoms with Crippen molar-refractivity contribution in [1.29, 1.82) is 0 Å². The minimum Gasteiger partial charge on any atom is -0.543 e. The van der Waals surface area contributed by atoms with E-state index >= 15 is 0 Å². The Balaban J connectivity index is 0.000000720. The smallest absolute Gasteiger partial charge is 0.543 e. The molecule has 0 spiro atoms. The third kappa shape index (κ3) is 1.68. The molecule has 0 unspecified atom stereocenters. The van der Waals surface area contributed by atoms with Gasteiger partial charge in [0, 0.05) is 5.92 Å². The second-order valence-corrected chi connectivity index (χ2v) is 2.56. The molecule has 0 saturated heterocycles. The van der Waals surface area contributed by atoms with Gasteiger partial charge in [-0.15, -0.1) is 0 Å². The van der Waals surface area contributed by atoms with Crippen LogP contribution < -0.4 is 34.7 Å². The number of nitrogens with zero attached hydrogens (tertiary/aromatic N) is 2. The Morgan fingerprint density at radius 1 is 1.50 bits per heavy atom. The number of aromatic nitrogens is 2. The van der Waals surface area contributed by atoms with Crippen LogP contribution in [-0.4, -0.2) is 16.3 Å². The Kier molecular flexibility index (Phi) is 2.87. The van der Waals surface area contributed by atoms with Gasteiger partial charge in [0.2, 0.25) is 0 Å². The van der Waals surface area contributed by atoms with Crippen molar-refractivity contribution in [3.63, 3.8) is 0 Å². The van der Waals surface area contributed by atoms with Gasteiger partial charge >= 0.3 is 29.6 Å². The third-order valence-electron chi connectivity index (χ3n) is 1.67. The van der Waals surface area contributed by atoms with E-state index in [1.54, 1.807) is 0 Å². The molecule has 1 aliphatic carbocycles. The fourth-order valence-electron chi connectivity index (χ4n) is 0.962. The van der Waals surface area contributed by atoms with Gasteiger partial charge in [-0.25, -0.2) is 4.63 Å². The van der Waals surface area contributed by atoms with Crippen molar-refractivity contribution in [3.8, 4) is 0 Å². The molecule has 1 aromatic rings. The Morgan fingerprint density at radius 3 is 2.67 bits per heavy atom. The third-order valence-corrected chi connectivity index (χ3v) is 1.67. The largest absolute Gasteiger partial charge is 1.00 e. The SMILES string of the molecule is O=C([O-])c1nonc1C1CC1.[Na+]. The number of carboxylic acids is 1. The molecule has 0 bridgehead atoms. The van der Waals surface area contributed by atoms with Crippen LogP contribution in [0.2, 0.25) is 0 Å². The van der Waals surface area contributed by atoms with E-state index in [0.717, 1.165) is 12.8 Å². The normalized spacial score (nSPS) is 15.3. The molecule has 1 heterocycles. The molecule has 12 heavy (non-hydrogen) atoms. The van der Waals surface area contributed by atoms with Crippen LogP contribution in [0.15, 0.2) is 4.63 Å². The molecule has 5 nitrogen and oxygen atoms in total. The molecular weight excluding hydrogens is 171 g/mol. The van der Waals surface area contributed by atoms with Crippen LogP contribution in [-0.2, 0) is 0 Å². The van der Waals surface area contributed by atoms with Gasteiger partial charge in [-0.3, -0.25) is 0 Å². The molecule has 0 aliphatic heterocycles. The molecular formula is C6H5N2NaO3. The molecule has 0 atom stereocenters. The molecule has 0 radical (unpaired) electrons. The van der Waals surface area contributed by atoms with Crippen molar-refractivity contribution >= 4 is 5.97 Å². The van der Waals surface area contributed by atoms with Crippen LogP contribution in [0, 0.1) is 0 Å². The minimum atomic E-state index is -1.31. The van der Waals surface area contributed by atoms with E-state index in [2.05, 4.69) is 14.9 Å². The van der Waals surface area contributed by atoms with Crippen LogP contribution >= 0.6 is 0 Å². The Hall–Kier alpha value is -0.390. The number of carbonyl (C=O) groups excluding carboxylic acids is 1. The molecule has 1 saturated carbocycles. The van der Waals surface area contributed by atoms with Crippen molar-refractivity contribution in [1.82, 2.24) is 10.3 Å². The molecule has 2 rings (SSSR count). The first-order valence-electron chi connectivity index (χ1n) is 3.33. The van der Waals surface area contributed by atoms with E-state index in [0.29, 0.717) is 5.69 Å². The summed E-state index contributed by atoms with van der Waals surface area (Å²) in [6.45, 7) is 0. The van der Waals surface area contributed by atoms with Crippen LogP contribution in [0.5, 0.6) is 0 Å². The number of hydrogen-bond donors (Lipinski definition) is 0. The summed E-state index contributed by atoms with van der Waals surface area (Å²) in [6, 6.07) is 0. The zero-order chi connectivity index (χ0) is 7.84. The number of carboxylic acid groups (broad SMARTS) is 1. The van der Waals surface area contributed by atoms with Gasteiger partial charge in [0.25, 0.3) is 0 Å². The quantitative estimate of drug-likeness (QED) is 0.433. The van der Waals surface area contributed by atoms with Crippen molar-refractivity contribution in [2.75, 3.05) is 0 Å². The summed E-state index contributed by atoms with van der Waals surface area (Å²) in [5.41, 5.74) is 0.289. The zero-order valence-electron chi connectivity index (χ0n) is 6.61. The number of hydrogen-bond acceptors (Lipinski definition) is 5. The Morgan fingerprint density at radius 2 is 2.17 bits per heavy atom. The second-order valence-electron chi connectivity index (χ2n) is 2.56. The van der Waals surface area contributed by atoms with E-state index < -0.39 is 5.97 Å². The number of carbonyl (C=O) groups is 1. The van der Waals surface area contributed by atoms with Gasteiger partial charge in [-0.2, -0.15) is 0 Å². The van der Waals surface area contributed by atoms with Crippen molar-refractivity contribution in [2.24, 2.45) is 0 Å². The van der Waals surface area contributed by atoms with Crippen LogP contribution in [0.1, 0.15) is 34.9 Å². The predicted molar refractivity (Wildman–Crippen MR) is 30.6 cm³/mol. The fourth-order valence-corrected chi connectivity index (χ4v) is 0.962. The first-order valence-corrected chi connectivity index (χ1v) is 3.33. The average molecular weight is 176 g/mol. The predicted octanol–water partition coefficient (Wildman–Crippen LogP) is -3.69. The zero-order valence-corrected chi connectivity index (χ0v) is 8.61. The van der Waals surface area contributed by atoms with E-state index in [1.807, 2.05) is 0 Å². The maximum absolute atomic E-state index is 10.3. The van der Waals surface area contributed by atoms with Gasteiger partial charge in [0.15, 0.2) is 5.69 Å². The monoisotopic (exact) mass is 176 g/mol. The summed E-state index contributed by atoms with van der Waals surface area (Å²) in [5, 5.41) is 17.1. The van der Waals surface area contributed by atoms with E-state index in [-0.39, 0.29) is 41.2 Å². The molecule has 6 heteroatoms. The van der Waals surface area contributed by atoms with Crippen molar-refractivity contribution < 1.29 is 44.1 Å². The van der Waals surface area contributed by atoms with Crippen molar-refractivity contribution in [2.45, 2.75) is 18.8 Å². The first-order chi connectivity index (χ1) is 5.29. The van der Waals surface area contributed by atoms with Crippen LogP contribution in [0.3, 0.4) is 0 Å². The summed E-state index contributed by atoms with van der Waals surface area (Å²) in [6.07, 6.45) is 1.93. The fraction of sp³-hybridized carbons (Fsp3) is 0.500. The van der Waals surface area contributed by atoms with Gasteiger partial charge < -0.3 is 9.90 Å². The molecule has 0 N–H and O–H groups in total. The van der Waals surface area contributed by atoms with E-state index in [1.165, 1.54) is 0 Å². The van der Waals surface area contributed by atoms with Crippen LogP contribution in [0.4, 0.5) is 0 Å². The summed E-state index contributed by atoms with van der Waals surface area (Å²) in [7, 11) is 0. The molecule has 0 amide bonds. The van der Waals surface area contributed by atoms with E-state index in [4.69, 9.17) is 0 Å². The van der Waals surface area contributed by atoms with Crippen LogP contribution in [0.25, 0.3) is 0 Å².